The van der Waals surface area contributed by atoms with E-state index in [1.807, 2.05) is 0 Å². The van der Waals surface area contributed by atoms with Gasteiger partial charge in [0, 0.05) is 31.2 Å². The summed E-state index contributed by atoms with van der Waals surface area (Å²) in [5.74, 6) is 1.44. The van der Waals surface area contributed by atoms with Gasteiger partial charge in [-0.1, -0.05) is 48.5 Å². The maximum atomic E-state index is 14.2. The van der Waals surface area contributed by atoms with Gasteiger partial charge in [0.15, 0.2) is 5.78 Å². The number of rotatable bonds is 4. The molecule has 1 N–H and O–H groups in total. The van der Waals surface area contributed by atoms with Crippen molar-refractivity contribution < 1.29 is 19.1 Å². The maximum Gasteiger partial charge on any atom is 0.302 e. The Morgan fingerprint density at radius 1 is 0.907 bits per heavy atom. The Balaban J connectivity index is 1.39. The fourth-order valence-electron chi connectivity index (χ4n) is 11.9. The van der Waals surface area contributed by atoms with Crippen LogP contribution in [0.15, 0.2) is 29.6 Å². The van der Waals surface area contributed by atoms with Gasteiger partial charge in [-0.25, -0.2) is 9.97 Å². The number of allylic oxidation sites excluding steroid dienone is 1. The predicted molar refractivity (Wildman–Crippen MR) is 166 cm³/mol. The highest BCUT2D eigenvalue weighted by atomic mass is 16.5. The topological polar surface area (TPSA) is 98.2 Å². The molecule has 1 amide bonds. The molecule has 0 bridgehead atoms. The molecule has 1 heterocycles. The number of Topliss-reactive ketones (excluding diaryl/α,β-unsaturated/α-hetero) is 1. The molecule has 234 valence electrons. The Hall–Kier alpha value is -2.57. The van der Waals surface area contributed by atoms with Crippen molar-refractivity contribution >= 4 is 23.6 Å². The van der Waals surface area contributed by atoms with Crippen LogP contribution in [-0.2, 0) is 19.1 Å². The molecule has 4 fully saturated rings. The molecule has 0 unspecified atom stereocenters. The number of aromatic nitrogens is 2. The van der Waals surface area contributed by atoms with Gasteiger partial charge in [-0.05, 0) is 108 Å². The van der Waals surface area contributed by atoms with E-state index in [9.17, 15) is 14.4 Å². The van der Waals surface area contributed by atoms with Gasteiger partial charge in [0.2, 0.25) is 11.9 Å². The van der Waals surface area contributed by atoms with Gasteiger partial charge in [0.25, 0.3) is 0 Å². The van der Waals surface area contributed by atoms with Crippen LogP contribution in [0, 0.1) is 50.7 Å². The largest absolute Gasteiger partial charge is 0.462 e. The first-order valence-corrected chi connectivity index (χ1v) is 16.7. The van der Waals surface area contributed by atoms with Crippen molar-refractivity contribution in [2.75, 3.05) is 5.32 Å². The summed E-state index contributed by atoms with van der Waals surface area (Å²) < 4.78 is 5.91. The molecule has 0 saturated heterocycles. The summed E-state index contributed by atoms with van der Waals surface area (Å²) in [5.41, 5.74) is 1.35. The second-order valence-electron chi connectivity index (χ2n) is 16.3. The summed E-state index contributed by atoms with van der Waals surface area (Å²) in [6.07, 6.45) is 11.4. The van der Waals surface area contributed by atoms with Crippen LogP contribution in [0.25, 0.3) is 0 Å². The lowest BCUT2D eigenvalue weighted by atomic mass is 9.33. The van der Waals surface area contributed by atoms with E-state index in [0.29, 0.717) is 24.2 Å². The quantitative estimate of drug-likeness (QED) is 0.369. The Bertz CT molecular complexity index is 1370. The molecule has 0 radical (unpaired) electrons. The van der Waals surface area contributed by atoms with E-state index in [1.165, 1.54) is 6.92 Å². The number of nitrogens with one attached hydrogen (secondary N) is 1. The highest BCUT2D eigenvalue weighted by Gasteiger charge is 2.71. The van der Waals surface area contributed by atoms with Crippen molar-refractivity contribution in [3.63, 3.8) is 0 Å². The molecule has 5 aliphatic rings. The van der Waals surface area contributed by atoms with Gasteiger partial charge >= 0.3 is 5.97 Å². The van der Waals surface area contributed by atoms with E-state index >= 15 is 0 Å². The summed E-state index contributed by atoms with van der Waals surface area (Å²) in [5, 5.41) is 3.01. The standard InChI is InChI=1S/C36H51N3O4/c1-21(2)28-24(41)20-36(30(42)39-31-37-18-9-19-38-31)17-16-34(7)23(29(28)36)10-11-26-33(6)14-13-27(43-22(3)40)32(4,5)25(33)12-15-35(26,34)8/h9,18-19,21,23,25-27H,10-17,20H2,1-8H3,(H,37,38,39,42)/t23-,25+,26-,27+,33+,34-,35-,36-/m1/s1. The number of esters is 1. The Morgan fingerprint density at radius 3 is 2.26 bits per heavy atom. The lowest BCUT2D eigenvalue weighted by Crippen LogP contribution is -2.66. The number of carbonyl (C=O) groups is 3. The zero-order chi connectivity index (χ0) is 31.2. The molecule has 0 aliphatic heterocycles. The molecule has 43 heavy (non-hydrogen) atoms. The molecule has 5 aliphatic carbocycles. The lowest BCUT2D eigenvalue weighted by molar-refractivity contribution is -0.232. The second-order valence-corrected chi connectivity index (χ2v) is 16.3. The first kappa shape index (κ1) is 30.5. The average molecular weight is 590 g/mol. The van der Waals surface area contributed by atoms with E-state index in [4.69, 9.17) is 4.74 Å². The fraction of sp³-hybridized carbons (Fsp3) is 0.750. The van der Waals surface area contributed by atoms with Crippen LogP contribution in [0.5, 0.6) is 0 Å². The zero-order valence-electron chi connectivity index (χ0n) is 27.5. The van der Waals surface area contributed by atoms with E-state index in [1.54, 1.807) is 18.5 Å². The second kappa shape index (κ2) is 9.97. The van der Waals surface area contributed by atoms with Crippen LogP contribution in [0.2, 0.25) is 0 Å². The third-order valence-electron chi connectivity index (χ3n) is 13.9. The highest BCUT2D eigenvalue weighted by Crippen LogP contribution is 2.76. The third-order valence-corrected chi connectivity index (χ3v) is 13.9. The molecule has 0 spiro atoms. The van der Waals surface area contributed by atoms with Crippen LogP contribution in [0.3, 0.4) is 0 Å². The van der Waals surface area contributed by atoms with Gasteiger partial charge in [0.05, 0.1) is 5.41 Å². The van der Waals surface area contributed by atoms with E-state index < -0.39 is 5.41 Å². The van der Waals surface area contributed by atoms with E-state index in [2.05, 4.69) is 63.8 Å². The van der Waals surface area contributed by atoms with Crippen LogP contribution >= 0.6 is 0 Å². The molecule has 4 saturated carbocycles. The molecule has 7 heteroatoms. The SMILES string of the molecule is CC(=O)O[C@H]1CC[C@]2(C)[C@H]3CC[C@@H]4C5=C(C(C)C)C(=O)C[C@]5(C(=O)Nc5ncccn5)CC[C@@]4(C)[C@]3(C)CC[C@H]2C1(C)C. The molecular weight excluding hydrogens is 538 g/mol. The average Bonchev–Trinajstić information content (AvgIpc) is 3.24. The first-order chi connectivity index (χ1) is 20.1. The number of anilines is 1. The monoisotopic (exact) mass is 589 g/mol. The van der Waals surface area contributed by atoms with Crippen molar-refractivity contribution in [1.82, 2.24) is 9.97 Å². The van der Waals surface area contributed by atoms with Crippen molar-refractivity contribution in [3.8, 4) is 0 Å². The summed E-state index contributed by atoms with van der Waals surface area (Å²) >= 11 is 0. The minimum Gasteiger partial charge on any atom is -0.462 e. The number of ether oxygens (including phenoxy) is 1. The summed E-state index contributed by atoms with van der Waals surface area (Å²) in [7, 11) is 0. The number of amides is 1. The predicted octanol–water partition coefficient (Wildman–Crippen LogP) is 7.33. The fourth-order valence-corrected chi connectivity index (χ4v) is 11.9. The number of fused-ring (bicyclic) bond motifs is 7. The summed E-state index contributed by atoms with van der Waals surface area (Å²) in [6, 6.07) is 1.74. The molecular formula is C36H51N3O4. The van der Waals surface area contributed by atoms with Crippen LogP contribution < -0.4 is 5.32 Å². The summed E-state index contributed by atoms with van der Waals surface area (Å²) in [6.45, 7) is 18.0. The van der Waals surface area contributed by atoms with Crippen LogP contribution in [0.4, 0.5) is 5.95 Å². The first-order valence-electron chi connectivity index (χ1n) is 16.7. The van der Waals surface area contributed by atoms with Gasteiger partial charge < -0.3 is 4.74 Å². The Morgan fingerprint density at radius 2 is 1.60 bits per heavy atom. The minimum absolute atomic E-state index is 0.0199. The highest BCUT2D eigenvalue weighted by molar-refractivity contribution is 6.09. The van der Waals surface area contributed by atoms with Gasteiger partial charge in [-0.2, -0.15) is 0 Å². The van der Waals surface area contributed by atoms with Gasteiger partial charge in [-0.3, -0.25) is 19.7 Å². The molecule has 1 aromatic rings. The molecule has 7 nitrogen and oxygen atoms in total. The van der Waals surface area contributed by atoms with Crippen LogP contribution in [-0.4, -0.2) is 33.7 Å². The minimum atomic E-state index is -0.825. The van der Waals surface area contributed by atoms with E-state index in [-0.39, 0.29) is 63.7 Å². The number of hydrogen-bond acceptors (Lipinski definition) is 6. The maximum absolute atomic E-state index is 14.2. The molecule has 0 aromatic carbocycles. The lowest BCUT2D eigenvalue weighted by Gasteiger charge is -2.72. The van der Waals surface area contributed by atoms with Crippen molar-refractivity contribution in [3.05, 3.63) is 29.6 Å². The number of carbonyl (C=O) groups excluding carboxylic acids is 3. The molecule has 6 rings (SSSR count). The third kappa shape index (κ3) is 4.15. The normalized spacial score (nSPS) is 41.6. The van der Waals surface area contributed by atoms with E-state index in [0.717, 1.165) is 56.1 Å². The smallest absolute Gasteiger partial charge is 0.302 e. The number of ketones is 1. The Kier molecular flexibility index (Phi) is 7.06. The van der Waals surface area contributed by atoms with Crippen LogP contribution in [0.1, 0.15) is 113 Å². The van der Waals surface area contributed by atoms with Crippen molar-refractivity contribution in [1.29, 1.82) is 0 Å². The van der Waals surface area contributed by atoms with Crippen molar-refractivity contribution in [2.24, 2.45) is 50.7 Å². The van der Waals surface area contributed by atoms with Gasteiger partial charge in [0.1, 0.15) is 6.10 Å². The Labute approximate surface area is 257 Å². The van der Waals surface area contributed by atoms with Crippen molar-refractivity contribution in [2.45, 2.75) is 119 Å². The zero-order valence-corrected chi connectivity index (χ0v) is 27.5. The molecule has 8 atom stereocenters. The number of hydrogen-bond donors (Lipinski definition) is 1. The van der Waals surface area contributed by atoms with Gasteiger partial charge in [-0.15, -0.1) is 0 Å². The summed E-state index contributed by atoms with van der Waals surface area (Å²) in [4.78, 5) is 48.6. The molecule has 1 aromatic heterocycles. The number of nitrogens with zero attached hydrogens (tertiary/aromatic N) is 2.